The second-order valence-electron chi connectivity index (χ2n) is 6.24. The lowest BCUT2D eigenvalue weighted by Crippen LogP contribution is -2.36. The molecule has 4 rings (SSSR count). The van der Waals surface area contributed by atoms with Crippen molar-refractivity contribution in [3.8, 4) is 11.3 Å². The topological polar surface area (TPSA) is 34.0 Å². The van der Waals surface area contributed by atoms with Crippen molar-refractivity contribution in [2.75, 3.05) is 19.6 Å². The molecule has 21 heavy (non-hydrogen) atoms. The third-order valence-corrected chi connectivity index (χ3v) is 4.94. The highest BCUT2D eigenvalue weighted by molar-refractivity contribution is 8.93. The van der Waals surface area contributed by atoms with Gasteiger partial charge in [0, 0.05) is 37.0 Å². The summed E-state index contributed by atoms with van der Waals surface area (Å²) in [6.45, 7) is 3.76. The fourth-order valence-corrected chi connectivity index (χ4v) is 3.81. The molecule has 2 fully saturated rings. The molecule has 2 aliphatic rings. The van der Waals surface area contributed by atoms with Crippen LogP contribution in [0.25, 0.3) is 11.3 Å². The molecular formula is C16H21BrN4. The van der Waals surface area contributed by atoms with Gasteiger partial charge in [0.1, 0.15) is 0 Å². The van der Waals surface area contributed by atoms with E-state index >= 15 is 0 Å². The number of halogens is 1. The average Bonchev–Trinajstić information content (AvgIpc) is 3.04. The minimum Gasteiger partial charge on any atom is -0.302 e. The Bertz CT molecular complexity index is 617. The van der Waals surface area contributed by atoms with E-state index in [1.165, 1.54) is 44.5 Å². The first-order valence-electron chi connectivity index (χ1n) is 7.43. The summed E-state index contributed by atoms with van der Waals surface area (Å²) < 4.78 is 1.82. The molecule has 0 radical (unpaired) electrons. The van der Waals surface area contributed by atoms with Gasteiger partial charge in [0.05, 0.1) is 11.9 Å². The van der Waals surface area contributed by atoms with Crippen molar-refractivity contribution in [3.63, 3.8) is 0 Å². The molecule has 5 heteroatoms. The summed E-state index contributed by atoms with van der Waals surface area (Å²) in [6, 6.07) is 4.43. The number of aryl methyl sites for hydroxylation is 1. The normalized spacial score (nSPS) is 27.4. The lowest BCUT2D eigenvalue weighted by atomic mass is 9.75. The molecule has 2 aromatic heterocycles. The molecule has 2 atom stereocenters. The molecule has 4 heterocycles. The first-order valence-corrected chi connectivity index (χ1v) is 7.43. The highest BCUT2D eigenvalue weighted by atomic mass is 79.9. The Balaban J connectivity index is 0.00000132. The molecular weight excluding hydrogens is 328 g/mol. The second-order valence-corrected chi connectivity index (χ2v) is 6.24. The number of hydrogen-bond donors (Lipinski definition) is 0. The molecule has 0 N–H and O–H groups in total. The van der Waals surface area contributed by atoms with Gasteiger partial charge in [0.2, 0.25) is 0 Å². The predicted molar refractivity (Wildman–Crippen MR) is 88.7 cm³/mol. The molecule has 2 aromatic rings. The molecule has 0 aromatic carbocycles. The number of hydrogen-bond acceptors (Lipinski definition) is 3. The summed E-state index contributed by atoms with van der Waals surface area (Å²) in [5, 5.41) is 4.21. The Kier molecular flexibility index (Phi) is 3.88. The van der Waals surface area contributed by atoms with E-state index in [0.717, 1.165) is 11.3 Å². The third kappa shape index (κ3) is 2.53. The third-order valence-electron chi connectivity index (χ3n) is 4.94. The maximum Gasteiger partial charge on any atom is 0.0733 e. The van der Waals surface area contributed by atoms with Crippen molar-refractivity contribution in [2.45, 2.75) is 24.7 Å². The summed E-state index contributed by atoms with van der Waals surface area (Å²) in [5.74, 6) is 0. The van der Waals surface area contributed by atoms with E-state index in [4.69, 9.17) is 0 Å². The predicted octanol–water partition coefficient (Wildman–Crippen LogP) is 2.80. The Hall–Kier alpha value is -1.20. The fraction of sp³-hybridized carbons (Fsp3) is 0.500. The minimum atomic E-state index is 0. The smallest absolute Gasteiger partial charge is 0.0733 e. The van der Waals surface area contributed by atoms with Gasteiger partial charge < -0.3 is 4.90 Å². The van der Waals surface area contributed by atoms with Crippen LogP contribution in [0.3, 0.4) is 0 Å². The lowest BCUT2D eigenvalue weighted by Gasteiger charge is -2.34. The maximum absolute atomic E-state index is 4.68. The molecule has 0 saturated carbocycles. The number of piperidine rings is 1. The molecule has 2 saturated heterocycles. The van der Waals surface area contributed by atoms with E-state index in [2.05, 4.69) is 33.3 Å². The van der Waals surface area contributed by atoms with Crippen LogP contribution in [-0.4, -0.2) is 39.3 Å². The zero-order valence-corrected chi connectivity index (χ0v) is 14.0. The molecule has 2 bridgehead atoms. The van der Waals surface area contributed by atoms with Gasteiger partial charge in [0.25, 0.3) is 0 Å². The van der Waals surface area contributed by atoms with E-state index in [1.54, 1.807) is 0 Å². The first-order chi connectivity index (χ1) is 9.75. The lowest BCUT2D eigenvalue weighted by molar-refractivity contribution is 0.243. The largest absolute Gasteiger partial charge is 0.302 e. The zero-order chi connectivity index (χ0) is 13.6. The van der Waals surface area contributed by atoms with Crippen molar-refractivity contribution < 1.29 is 0 Å². The number of pyridine rings is 1. The Morgan fingerprint density at radius 1 is 1.14 bits per heavy atom. The van der Waals surface area contributed by atoms with Crippen LogP contribution in [0, 0.1) is 0 Å². The zero-order valence-electron chi connectivity index (χ0n) is 12.3. The standard InChI is InChI=1S/C16H20N4.BrH/c1-19-11-13(9-18-19)15-4-3-14(10-17-15)16-5-2-7-20(12-16)8-6-16;/h3-4,9-11H,2,5-8,12H2,1H3;1H. The van der Waals surface area contributed by atoms with E-state index in [-0.39, 0.29) is 17.0 Å². The van der Waals surface area contributed by atoms with Gasteiger partial charge in [-0.15, -0.1) is 17.0 Å². The maximum atomic E-state index is 4.68. The van der Waals surface area contributed by atoms with E-state index in [9.17, 15) is 0 Å². The van der Waals surface area contributed by atoms with Gasteiger partial charge in [-0.25, -0.2) is 0 Å². The number of nitrogens with zero attached hydrogens (tertiary/aromatic N) is 4. The SMILES string of the molecule is Br.Cn1cc(-c2ccc(C34CCCN(CC3)C4)cn2)cn1. The fourth-order valence-electron chi connectivity index (χ4n) is 3.81. The van der Waals surface area contributed by atoms with Gasteiger partial charge in [0.15, 0.2) is 0 Å². The average molecular weight is 349 g/mol. The van der Waals surface area contributed by atoms with Crippen molar-refractivity contribution in [2.24, 2.45) is 7.05 Å². The van der Waals surface area contributed by atoms with Crippen LogP contribution in [0.2, 0.25) is 0 Å². The van der Waals surface area contributed by atoms with Crippen LogP contribution in [0.4, 0.5) is 0 Å². The van der Waals surface area contributed by atoms with Crippen molar-refractivity contribution in [3.05, 3.63) is 36.3 Å². The summed E-state index contributed by atoms with van der Waals surface area (Å²) in [6.07, 6.45) is 9.91. The van der Waals surface area contributed by atoms with E-state index in [1.807, 2.05) is 24.1 Å². The quantitative estimate of drug-likeness (QED) is 0.836. The van der Waals surface area contributed by atoms with Crippen molar-refractivity contribution >= 4 is 17.0 Å². The number of fused-ring (bicyclic) bond motifs is 2. The van der Waals surface area contributed by atoms with Crippen LogP contribution >= 0.6 is 17.0 Å². The Morgan fingerprint density at radius 2 is 2.05 bits per heavy atom. The summed E-state index contributed by atoms with van der Waals surface area (Å²) in [7, 11) is 1.94. The second kappa shape index (κ2) is 5.54. The van der Waals surface area contributed by atoms with Gasteiger partial charge in [-0.2, -0.15) is 5.10 Å². The summed E-state index contributed by atoms with van der Waals surface area (Å²) >= 11 is 0. The van der Waals surface area contributed by atoms with Crippen molar-refractivity contribution in [1.82, 2.24) is 19.7 Å². The first kappa shape index (κ1) is 14.7. The molecule has 2 unspecified atom stereocenters. The van der Waals surface area contributed by atoms with Crippen molar-refractivity contribution in [1.29, 1.82) is 0 Å². The molecule has 0 aliphatic carbocycles. The van der Waals surface area contributed by atoms with E-state index in [0.29, 0.717) is 5.41 Å². The minimum absolute atomic E-state index is 0. The molecule has 112 valence electrons. The Morgan fingerprint density at radius 3 is 2.76 bits per heavy atom. The van der Waals surface area contributed by atoms with Crippen LogP contribution in [0.15, 0.2) is 30.7 Å². The molecule has 4 nitrogen and oxygen atoms in total. The molecule has 2 aliphatic heterocycles. The molecule has 0 spiro atoms. The number of aromatic nitrogens is 3. The highest BCUT2D eigenvalue weighted by Gasteiger charge is 2.42. The Labute approximate surface area is 135 Å². The highest BCUT2D eigenvalue weighted by Crippen LogP contribution is 2.41. The van der Waals surface area contributed by atoms with Gasteiger partial charge in [-0.3, -0.25) is 9.67 Å². The van der Waals surface area contributed by atoms with Crippen LogP contribution < -0.4 is 0 Å². The van der Waals surface area contributed by atoms with E-state index < -0.39 is 0 Å². The molecule has 0 amide bonds. The van der Waals surface area contributed by atoms with Crippen LogP contribution in [0.5, 0.6) is 0 Å². The van der Waals surface area contributed by atoms with Gasteiger partial charge >= 0.3 is 0 Å². The summed E-state index contributed by atoms with van der Waals surface area (Å²) in [4.78, 5) is 7.27. The van der Waals surface area contributed by atoms with Crippen LogP contribution in [-0.2, 0) is 12.5 Å². The number of rotatable bonds is 2. The monoisotopic (exact) mass is 348 g/mol. The summed E-state index contributed by atoms with van der Waals surface area (Å²) in [5.41, 5.74) is 3.91. The van der Waals surface area contributed by atoms with Gasteiger partial charge in [-0.1, -0.05) is 6.07 Å². The van der Waals surface area contributed by atoms with Gasteiger partial charge in [-0.05, 0) is 44.0 Å². The van der Waals surface area contributed by atoms with Crippen LogP contribution in [0.1, 0.15) is 24.8 Å².